The molecule has 1 aromatic heterocycles. The van der Waals surface area contributed by atoms with E-state index in [1.807, 2.05) is 30.3 Å². The van der Waals surface area contributed by atoms with Gasteiger partial charge in [0.15, 0.2) is 5.78 Å². The molecule has 2 rings (SSSR count). The van der Waals surface area contributed by atoms with Gasteiger partial charge >= 0.3 is 26.5 Å². The first-order valence-electron chi connectivity index (χ1n) is 6.42. The molecule has 0 aliphatic heterocycles. The van der Waals surface area contributed by atoms with Gasteiger partial charge in [-0.25, -0.2) is 0 Å². The summed E-state index contributed by atoms with van der Waals surface area (Å²) in [5.74, 6) is -0.689. The quantitative estimate of drug-likeness (QED) is 0.406. The molecule has 0 fully saturated rings. The molecule has 21 heavy (non-hydrogen) atoms. The van der Waals surface area contributed by atoms with Crippen LogP contribution in [-0.4, -0.2) is 28.0 Å². The molecular weight excluding hydrogens is 284 g/mol. The van der Waals surface area contributed by atoms with Crippen molar-refractivity contribution in [3.8, 4) is 0 Å². The van der Waals surface area contributed by atoms with E-state index in [1.54, 1.807) is 13.8 Å². The summed E-state index contributed by atoms with van der Waals surface area (Å²) in [6.45, 7) is 4.13. The van der Waals surface area contributed by atoms with Crippen LogP contribution in [0.25, 0.3) is 0 Å². The van der Waals surface area contributed by atoms with Gasteiger partial charge in [-0.3, -0.25) is 9.66 Å². The zero-order valence-electron chi connectivity index (χ0n) is 12.5. The molecule has 1 atom stereocenters. The smallest absolute Gasteiger partial charge is 0.420 e. The van der Waals surface area contributed by atoms with Gasteiger partial charge in [0.25, 0.3) is 0 Å². The largest absolute Gasteiger partial charge is 1.00 e. The molecule has 0 amide bonds. The third-order valence-corrected chi connectivity index (χ3v) is 4.99. The molecule has 8 heteroatoms. The van der Waals surface area contributed by atoms with E-state index in [4.69, 9.17) is 9.05 Å². The van der Waals surface area contributed by atoms with Gasteiger partial charge in [-0.1, -0.05) is 30.3 Å². The summed E-state index contributed by atoms with van der Waals surface area (Å²) in [5, 5.41) is 4.04. The average molecular weight is 301 g/mol. The fourth-order valence-corrected chi connectivity index (χ4v) is 3.92. The maximum atomic E-state index is 13.1. The number of hydrogen-bond donors (Lipinski definition) is 0. The van der Waals surface area contributed by atoms with Gasteiger partial charge in [0.1, 0.15) is 0 Å². The van der Waals surface area contributed by atoms with Crippen molar-refractivity contribution in [1.82, 2.24) is 14.8 Å². The van der Waals surface area contributed by atoms with Crippen molar-refractivity contribution in [2.45, 2.75) is 19.6 Å². The van der Waals surface area contributed by atoms with E-state index >= 15 is 0 Å². The number of benzene rings is 1. The summed E-state index contributed by atoms with van der Waals surface area (Å²) in [6, 6.07) is 9.32. The summed E-state index contributed by atoms with van der Waals surface area (Å²) in [5.41, 5.74) is 0.777. The van der Waals surface area contributed by atoms with Crippen LogP contribution in [0.4, 0.5) is 0 Å². The minimum absolute atomic E-state index is 0. The van der Waals surface area contributed by atoms with Crippen molar-refractivity contribution in [1.29, 1.82) is 0 Å². The number of hydrogen-bond acceptors (Lipinski definition) is 5. The molecule has 6 nitrogen and oxygen atoms in total. The minimum Gasteiger partial charge on any atom is -0.420 e. The van der Waals surface area contributed by atoms with Gasteiger partial charge < -0.3 is 18.7 Å². The third kappa shape index (κ3) is 4.29. The molecule has 0 radical (unpaired) electrons. The Morgan fingerprint density at radius 1 is 1.24 bits per heavy atom. The number of rotatable bonds is 7. The van der Waals surface area contributed by atoms with Crippen LogP contribution in [0.5, 0.6) is 0 Å². The first-order chi connectivity index (χ1) is 9.71. The molecule has 2 aromatic rings. The maximum Gasteiger partial charge on any atom is 1.00 e. The molecule has 1 unspecified atom stereocenters. The van der Waals surface area contributed by atoms with Crippen LogP contribution < -0.4 is 18.9 Å². The zero-order chi connectivity index (χ0) is 14.4. The van der Waals surface area contributed by atoms with Crippen LogP contribution in [0, 0.1) is 6.33 Å². The molecule has 0 bridgehead atoms. The third-order valence-electron chi connectivity index (χ3n) is 2.64. The molecule has 0 saturated carbocycles. The number of aromatic nitrogens is 3. The summed E-state index contributed by atoms with van der Waals surface area (Å²) in [6.07, 6.45) is 4.03. The Morgan fingerprint density at radius 3 is 2.33 bits per heavy atom. The van der Waals surface area contributed by atoms with Crippen molar-refractivity contribution < 1.29 is 32.5 Å². The SMILES string of the molecule is CCOP(=O)(OCC)C(c1ccccc1)n1[c-]ncn1.[Li+]. The summed E-state index contributed by atoms with van der Waals surface area (Å²) >= 11 is 0. The molecule has 108 valence electrons. The van der Waals surface area contributed by atoms with Crippen LogP contribution >= 0.6 is 7.60 Å². The Hall–Kier alpha value is -0.893. The number of nitrogens with zero attached hydrogens (tertiary/aromatic N) is 3. The predicted octanol–water partition coefficient (Wildman–Crippen LogP) is -0.105. The van der Waals surface area contributed by atoms with Crippen LogP contribution in [-0.2, 0) is 13.6 Å². The molecule has 1 heterocycles. The Bertz CT molecular complexity index is 555. The van der Waals surface area contributed by atoms with Gasteiger partial charge in [-0.2, -0.15) is 0 Å². The maximum absolute atomic E-state index is 13.1. The molecule has 0 saturated heterocycles. The summed E-state index contributed by atoms with van der Waals surface area (Å²) in [7, 11) is -3.41. The molecular formula is C13H17LiN3O3P. The standard InChI is InChI=1S/C13H17N3O3P.Li/c1-3-18-20(17,19-4-2)13(16-11-14-10-15-16)12-8-6-5-7-9-12;/h5-10,13H,3-4H2,1-2H3;/q-1;+1. The second-order valence-electron chi connectivity index (χ2n) is 3.96. The van der Waals surface area contributed by atoms with Crippen molar-refractivity contribution in [2.24, 2.45) is 0 Å². The van der Waals surface area contributed by atoms with Crippen molar-refractivity contribution in [2.75, 3.05) is 13.2 Å². The van der Waals surface area contributed by atoms with Gasteiger partial charge in [0.2, 0.25) is 0 Å². The second-order valence-corrected chi connectivity index (χ2v) is 6.05. The van der Waals surface area contributed by atoms with Crippen molar-refractivity contribution in [3.05, 3.63) is 48.5 Å². The second kappa shape index (κ2) is 8.53. The van der Waals surface area contributed by atoms with Crippen LogP contribution in [0.2, 0.25) is 0 Å². The fourth-order valence-electron chi connectivity index (χ4n) is 1.93. The van der Waals surface area contributed by atoms with Crippen molar-refractivity contribution >= 4 is 7.60 Å². The first-order valence-corrected chi connectivity index (χ1v) is 8.03. The average Bonchev–Trinajstić information content (AvgIpc) is 2.94. The predicted molar refractivity (Wildman–Crippen MR) is 74.3 cm³/mol. The van der Waals surface area contributed by atoms with Gasteiger partial charge in [0, 0.05) is 0 Å². The molecule has 0 aliphatic rings. The van der Waals surface area contributed by atoms with E-state index in [2.05, 4.69) is 16.4 Å². The monoisotopic (exact) mass is 301 g/mol. The van der Waals surface area contributed by atoms with E-state index in [0.717, 1.165) is 5.56 Å². The zero-order valence-corrected chi connectivity index (χ0v) is 13.4. The molecule has 0 N–H and O–H groups in total. The van der Waals surface area contributed by atoms with E-state index in [-0.39, 0.29) is 32.1 Å². The Labute approximate surface area is 136 Å². The summed E-state index contributed by atoms with van der Waals surface area (Å²) in [4.78, 5) is 3.80. The first kappa shape index (κ1) is 18.2. The van der Waals surface area contributed by atoms with E-state index in [1.165, 1.54) is 11.0 Å². The molecule has 0 aliphatic carbocycles. The fraction of sp³-hybridized carbons (Fsp3) is 0.385. The van der Waals surface area contributed by atoms with Crippen LogP contribution in [0.3, 0.4) is 0 Å². The Kier molecular flexibility index (Phi) is 7.37. The molecule has 0 spiro atoms. The molecule has 1 aromatic carbocycles. The van der Waals surface area contributed by atoms with Crippen molar-refractivity contribution in [3.63, 3.8) is 0 Å². The van der Waals surface area contributed by atoms with Crippen LogP contribution in [0.1, 0.15) is 25.2 Å². The van der Waals surface area contributed by atoms with Crippen LogP contribution in [0.15, 0.2) is 36.7 Å². The topological polar surface area (TPSA) is 66.2 Å². The Morgan fingerprint density at radius 2 is 1.86 bits per heavy atom. The Balaban J connectivity index is 0.00000220. The normalized spacial score (nSPS) is 12.7. The minimum atomic E-state index is -3.41. The van der Waals surface area contributed by atoms with Gasteiger partial charge in [-0.15, -0.1) is 0 Å². The summed E-state index contributed by atoms with van der Waals surface area (Å²) < 4.78 is 25.3. The van der Waals surface area contributed by atoms with E-state index in [9.17, 15) is 4.57 Å². The van der Waals surface area contributed by atoms with Gasteiger partial charge in [0.05, 0.1) is 13.2 Å². The van der Waals surface area contributed by atoms with Gasteiger partial charge in [-0.05, 0) is 32.1 Å². The van der Waals surface area contributed by atoms with E-state index < -0.39 is 13.4 Å². The van der Waals surface area contributed by atoms with E-state index in [0.29, 0.717) is 0 Å².